The minimum absolute atomic E-state index is 0.115. The van der Waals surface area contributed by atoms with Crippen molar-refractivity contribution in [1.29, 1.82) is 0 Å². The van der Waals surface area contributed by atoms with Gasteiger partial charge < -0.3 is 15.5 Å². The number of carbonyl (C=O) groups is 1. The Morgan fingerprint density at radius 2 is 1.96 bits per heavy atom. The zero-order chi connectivity index (χ0) is 15.6. The van der Waals surface area contributed by atoms with Crippen LogP contribution in [0.4, 0.5) is 10.5 Å². The molecule has 3 aliphatic heterocycles. The zero-order valence-corrected chi connectivity index (χ0v) is 13.0. The normalized spacial score (nSPS) is 26.0. The van der Waals surface area contributed by atoms with E-state index in [-0.39, 0.29) is 12.1 Å². The lowest BCUT2D eigenvalue weighted by atomic mass is 9.84. The number of fused-ring (bicyclic) bond motifs is 3. The van der Waals surface area contributed by atoms with Gasteiger partial charge in [-0.25, -0.2) is 9.48 Å². The molecule has 1 unspecified atom stereocenters. The first-order valence-electron chi connectivity index (χ1n) is 8.18. The number of amides is 2. The molecule has 0 radical (unpaired) electrons. The van der Waals surface area contributed by atoms with E-state index in [9.17, 15) is 4.79 Å². The Morgan fingerprint density at radius 1 is 1.17 bits per heavy atom. The molecule has 3 saturated heterocycles. The summed E-state index contributed by atoms with van der Waals surface area (Å²) in [4.78, 5) is 14.6. The minimum atomic E-state index is -0.115. The third-order valence-corrected chi connectivity index (χ3v) is 4.87. The Kier molecular flexibility index (Phi) is 3.75. The van der Waals surface area contributed by atoms with Crippen LogP contribution in [-0.2, 0) is 0 Å². The Hall–Kier alpha value is -2.34. The van der Waals surface area contributed by atoms with Crippen LogP contribution in [0, 0.1) is 5.92 Å². The van der Waals surface area contributed by atoms with Gasteiger partial charge in [0.05, 0.1) is 5.69 Å². The molecule has 2 N–H and O–H groups in total. The number of benzene rings is 1. The summed E-state index contributed by atoms with van der Waals surface area (Å²) in [5, 5.41) is 10.2. The molecule has 0 saturated carbocycles. The Morgan fingerprint density at radius 3 is 2.57 bits per heavy atom. The second-order valence-electron chi connectivity index (χ2n) is 6.34. The first-order chi connectivity index (χ1) is 11.3. The fourth-order valence-electron chi connectivity index (χ4n) is 3.58. The number of nitrogens with one attached hydrogen (secondary N) is 2. The number of anilines is 1. The van der Waals surface area contributed by atoms with Crippen molar-refractivity contribution < 1.29 is 4.79 Å². The smallest absolute Gasteiger partial charge is 0.319 e. The Balaban J connectivity index is 1.35. The van der Waals surface area contributed by atoms with Gasteiger partial charge in [-0.05, 0) is 62.2 Å². The molecule has 1 atom stereocenters. The van der Waals surface area contributed by atoms with Crippen LogP contribution < -0.4 is 10.6 Å². The number of urea groups is 1. The first kappa shape index (κ1) is 14.3. The van der Waals surface area contributed by atoms with Gasteiger partial charge in [-0.15, -0.1) is 0 Å². The van der Waals surface area contributed by atoms with E-state index in [2.05, 4.69) is 20.6 Å². The average molecular weight is 311 g/mol. The minimum Gasteiger partial charge on any atom is -0.334 e. The number of rotatable bonds is 3. The molecule has 23 heavy (non-hydrogen) atoms. The van der Waals surface area contributed by atoms with Crippen molar-refractivity contribution in [2.24, 2.45) is 5.92 Å². The van der Waals surface area contributed by atoms with Gasteiger partial charge in [0.15, 0.2) is 0 Å². The van der Waals surface area contributed by atoms with E-state index in [1.54, 1.807) is 10.9 Å². The number of carbonyl (C=O) groups excluding carboxylic acids is 1. The molecular weight excluding hydrogens is 290 g/mol. The predicted molar refractivity (Wildman–Crippen MR) is 88.7 cm³/mol. The molecule has 0 spiro atoms. The molecule has 3 aliphatic rings. The van der Waals surface area contributed by atoms with Gasteiger partial charge in [0.1, 0.15) is 0 Å². The molecule has 6 heteroatoms. The van der Waals surface area contributed by atoms with Crippen molar-refractivity contribution in [2.45, 2.75) is 18.9 Å². The standard InChI is InChI=1S/C17H21N5O/c23-17(20-16-12-21-10-6-13(16)7-11-21)19-14-2-4-15(5-3-14)22-9-1-8-18-22/h1-5,8-9,13,16H,6-7,10-12H2,(H2,19,20,23). The molecule has 2 aromatic rings. The second-order valence-corrected chi connectivity index (χ2v) is 6.34. The molecule has 6 nitrogen and oxygen atoms in total. The lowest BCUT2D eigenvalue weighted by molar-refractivity contribution is 0.0777. The number of aromatic nitrogens is 2. The van der Waals surface area contributed by atoms with E-state index < -0.39 is 0 Å². The van der Waals surface area contributed by atoms with Crippen LogP contribution in [0.3, 0.4) is 0 Å². The molecule has 2 amide bonds. The van der Waals surface area contributed by atoms with E-state index in [1.165, 1.54) is 25.9 Å². The van der Waals surface area contributed by atoms with Crippen molar-refractivity contribution in [3.05, 3.63) is 42.7 Å². The van der Waals surface area contributed by atoms with E-state index in [0.717, 1.165) is 17.9 Å². The van der Waals surface area contributed by atoms with Gasteiger partial charge in [0.2, 0.25) is 0 Å². The van der Waals surface area contributed by atoms with Gasteiger partial charge in [-0.1, -0.05) is 0 Å². The number of hydrogen-bond donors (Lipinski definition) is 2. The summed E-state index contributed by atoms with van der Waals surface area (Å²) in [5.74, 6) is 0.632. The van der Waals surface area contributed by atoms with E-state index in [1.807, 2.05) is 36.5 Å². The largest absolute Gasteiger partial charge is 0.334 e. The van der Waals surface area contributed by atoms with Crippen LogP contribution in [0.1, 0.15) is 12.8 Å². The van der Waals surface area contributed by atoms with Crippen molar-refractivity contribution in [2.75, 3.05) is 25.0 Å². The van der Waals surface area contributed by atoms with Gasteiger partial charge in [-0.2, -0.15) is 5.10 Å². The summed E-state index contributed by atoms with van der Waals surface area (Å²) in [6, 6.07) is 9.72. The lowest BCUT2D eigenvalue weighted by Crippen LogP contribution is -2.57. The van der Waals surface area contributed by atoms with Crippen LogP contribution in [-0.4, -0.2) is 46.4 Å². The monoisotopic (exact) mass is 311 g/mol. The van der Waals surface area contributed by atoms with Gasteiger partial charge in [0.25, 0.3) is 0 Å². The topological polar surface area (TPSA) is 62.2 Å². The van der Waals surface area contributed by atoms with Crippen LogP contribution in [0.15, 0.2) is 42.7 Å². The average Bonchev–Trinajstić information content (AvgIpc) is 3.11. The molecule has 2 bridgehead atoms. The van der Waals surface area contributed by atoms with Crippen LogP contribution in [0.5, 0.6) is 0 Å². The zero-order valence-electron chi connectivity index (χ0n) is 13.0. The Labute approximate surface area is 135 Å². The summed E-state index contributed by atoms with van der Waals surface area (Å²) < 4.78 is 1.79. The van der Waals surface area contributed by atoms with Gasteiger partial charge in [-0.3, -0.25) is 0 Å². The maximum Gasteiger partial charge on any atom is 0.319 e. The number of piperidine rings is 3. The molecule has 1 aromatic carbocycles. The van der Waals surface area contributed by atoms with E-state index in [0.29, 0.717) is 5.92 Å². The summed E-state index contributed by atoms with van der Waals surface area (Å²) >= 11 is 0. The molecule has 1 aromatic heterocycles. The number of hydrogen-bond acceptors (Lipinski definition) is 3. The van der Waals surface area contributed by atoms with Crippen LogP contribution in [0.25, 0.3) is 5.69 Å². The molecule has 3 fully saturated rings. The summed E-state index contributed by atoms with van der Waals surface area (Å²) in [7, 11) is 0. The summed E-state index contributed by atoms with van der Waals surface area (Å²) in [6.45, 7) is 3.34. The third kappa shape index (κ3) is 3.07. The van der Waals surface area contributed by atoms with Crippen molar-refractivity contribution in [1.82, 2.24) is 20.0 Å². The molecule has 5 rings (SSSR count). The summed E-state index contributed by atoms with van der Waals surface area (Å²) in [5.41, 5.74) is 1.76. The highest BCUT2D eigenvalue weighted by molar-refractivity contribution is 5.89. The van der Waals surface area contributed by atoms with Crippen LogP contribution >= 0.6 is 0 Å². The van der Waals surface area contributed by atoms with E-state index >= 15 is 0 Å². The van der Waals surface area contributed by atoms with Crippen molar-refractivity contribution in [3.63, 3.8) is 0 Å². The highest BCUT2D eigenvalue weighted by Crippen LogP contribution is 2.27. The third-order valence-electron chi connectivity index (χ3n) is 4.87. The molecule has 0 aliphatic carbocycles. The Bertz CT molecular complexity index is 659. The summed E-state index contributed by atoms with van der Waals surface area (Å²) in [6.07, 6.45) is 6.03. The first-order valence-corrected chi connectivity index (χ1v) is 8.18. The fraction of sp³-hybridized carbons (Fsp3) is 0.412. The second kappa shape index (κ2) is 6.04. The van der Waals surface area contributed by atoms with Crippen molar-refractivity contribution >= 4 is 11.7 Å². The highest BCUT2D eigenvalue weighted by Gasteiger charge is 2.34. The fourth-order valence-corrected chi connectivity index (χ4v) is 3.58. The van der Waals surface area contributed by atoms with E-state index in [4.69, 9.17) is 0 Å². The van der Waals surface area contributed by atoms with Gasteiger partial charge in [0, 0.05) is 30.7 Å². The highest BCUT2D eigenvalue weighted by atomic mass is 16.2. The quantitative estimate of drug-likeness (QED) is 0.912. The van der Waals surface area contributed by atoms with Crippen LogP contribution in [0.2, 0.25) is 0 Å². The van der Waals surface area contributed by atoms with Crippen molar-refractivity contribution in [3.8, 4) is 5.69 Å². The molecule has 120 valence electrons. The number of nitrogens with zero attached hydrogens (tertiary/aromatic N) is 3. The SMILES string of the molecule is O=C(Nc1ccc(-n2cccn2)cc1)NC1CN2CCC1CC2. The molecular formula is C17H21N5O. The van der Waals surface area contributed by atoms with Gasteiger partial charge >= 0.3 is 6.03 Å². The maximum absolute atomic E-state index is 12.2. The lowest BCUT2D eigenvalue weighted by Gasteiger charge is -2.44. The molecule has 4 heterocycles. The maximum atomic E-state index is 12.2. The predicted octanol–water partition coefficient (Wildman–Crippen LogP) is 2.09.